The molecule has 0 saturated carbocycles. The van der Waals surface area contributed by atoms with Gasteiger partial charge in [0.2, 0.25) is 5.82 Å². The van der Waals surface area contributed by atoms with Gasteiger partial charge in [0.25, 0.3) is 0 Å². The minimum absolute atomic E-state index is 0.169. The second-order valence-electron chi connectivity index (χ2n) is 3.71. The lowest BCUT2D eigenvalue weighted by Gasteiger charge is -2.07. The highest BCUT2D eigenvalue weighted by atomic mass is 19.1. The first-order valence-electron chi connectivity index (χ1n) is 5.49. The van der Waals surface area contributed by atoms with E-state index in [-0.39, 0.29) is 11.5 Å². The van der Waals surface area contributed by atoms with Gasteiger partial charge in [-0.2, -0.15) is 0 Å². The van der Waals surface area contributed by atoms with Gasteiger partial charge in [0.15, 0.2) is 0 Å². The Morgan fingerprint density at radius 3 is 2.55 bits per heavy atom. The molecule has 2 amide bonds. The third kappa shape index (κ3) is 3.25. The van der Waals surface area contributed by atoms with E-state index >= 15 is 0 Å². The fourth-order valence-corrected chi connectivity index (χ4v) is 1.44. The molecule has 0 bridgehead atoms. The SMILES string of the molecule is O=C(Nc1ccc(F)cc1)Nc1ncccc1[N+](=O)[O-]. The Kier molecular flexibility index (Phi) is 3.85. The van der Waals surface area contributed by atoms with Crippen LogP contribution in [-0.2, 0) is 0 Å². The summed E-state index contributed by atoms with van der Waals surface area (Å²) in [4.78, 5) is 25.5. The van der Waals surface area contributed by atoms with E-state index in [2.05, 4.69) is 15.6 Å². The van der Waals surface area contributed by atoms with Crippen molar-refractivity contribution in [2.75, 3.05) is 10.6 Å². The molecule has 0 radical (unpaired) electrons. The summed E-state index contributed by atoms with van der Waals surface area (Å²) < 4.78 is 12.7. The van der Waals surface area contributed by atoms with Crippen molar-refractivity contribution in [3.8, 4) is 0 Å². The van der Waals surface area contributed by atoms with Gasteiger partial charge in [-0.25, -0.2) is 14.2 Å². The molecule has 0 aliphatic carbocycles. The quantitative estimate of drug-likeness (QED) is 0.665. The maximum absolute atomic E-state index is 12.7. The van der Waals surface area contributed by atoms with Crippen molar-refractivity contribution < 1.29 is 14.1 Å². The van der Waals surface area contributed by atoms with Crippen molar-refractivity contribution in [2.24, 2.45) is 0 Å². The van der Waals surface area contributed by atoms with Crippen LogP contribution in [0.5, 0.6) is 0 Å². The van der Waals surface area contributed by atoms with Gasteiger partial charge in [-0.15, -0.1) is 0 Å². The molecule has 1 heterocycles. The number of rotatable bonds is 3. The summed E-state index contributed by atoms with van der Waals surface area (Å²) in [6, 6.07) is 6.99. The molecule has 0 spiro atoms. The first-order valence-corrected chi connectivity index (χ1v) is 5.49. The first kappa shape index (κ1) is 13.4. The van der Waals surface area contributed by atoms with Crippen LogP contribution in [-0.4, -0.2) is 15.9 Å². The number of nitrogens with one attached hydrogen (secondary N) is 2. The fourth-order valence-electron chi connectivity index (χ4n) is 1.44. The highest BCUT2D eigenvalue weighted by molar-refractivity contribution is 6.00. The number of anilines is 2. The summed E-state index contributed by atoms with van der Waals surface area (Å²) in [6.45, 7) is 0. The Bertz CT molecular complexity index is 645. The lowest BCUT2D eigenvalue weighted by molar-refractivity contribution is -0.384. The largest absolute Gasteiger partial charge is 0.325 e. The van der Waals surface area contributed by atoms with Crippen LogP contribution in [0.3, 0.4) is 0 Å². The van der Waals surface area contributed by atoms with Gasteiger partial charge in [0.1, 0.15) is 5.82 Å². The zero-order valence-corrected chi connectivity index (χ0v) is 10.0. The summed E-state index contributed by atoms with van der Waals surface area (Å²) in [6.07, 6.45) is 1.32. The number of nitrogens with zero attached hydrogens (tertiary/aromatic N) is 2. The molecule has 0 saturated heterocycles. The number of benzene rings is 1. The monoisotopic (exact) mass is 276 g/mol. The second kappa shape index (κ2) is 5.74. The van der Waals surface area contributed by atoms with Crippen molar-refractivity contribution in [1.29, 1.82) is 0 Å². The molecule has 2 N–H and O–H groups in total. The number of pyridine rings is 1. The van der Waals surface area contributed by atoms with Crippen molar-refractivity contribution >= 4 is 23.2 Å². The van der Waals surface area contributed by atoms with Crippen molar-refractivity contribution in [1.82, 2.24) is 4.98 Å². The number of amides is 2. The first-order chi connectivity index (χ1) is 9.56. The van der Waals surface area contributed by atoms with Crippen LogP contribution in [0.4, 0.5) is 26.4 Å². The van der Waals surface area contributed by atoms with Crippen LogP contribution in [0.25, 0.3) is 0 Å². The fraction of sp³-hybridized carbons (Fsp3) is 0. The van der Waals surface area contributed by atoms with Gasteiger partial charge in [0, 0.05) is 18.0 Å². The number of halogens is 1. The van der Waals surface area contributed by atoms with Crippen molar-refractivity contribution in [3.05, 3.63) is 58.5 Å². The standard InChI is InChI=1S/C12H9FN4O3/c13-8-3-5-9(6-4-8)15-12(18)16-11-10(17(19)20)2-1-7-14-11/h1-7H,(H2,14,15,16,18). The van der Waals surface area contributed by atoms with Crippen LogP contribution in [0.2, 0.25) is 0 Å². The summed E-state index contributed by atoms with van der Waals surface area (Å²) in [5.41, 5.74) is 0.0317. The molecule has 8 heteroatoms. The van der Waals surface area contributed by atoms with Gasteiger partial charge >= 0.3 is 11.7 Å². The second-order valence-corrected chi connectivity index (χ2v) is 3.71. The minimum Gasteiger partial charge on any atom is -0.308 e. The van der Waals surface area contributed by atoms with E-state index in [9.17, 15) is 19.3 Å². The summed E-state index contributed by atoms with van der Waals surface area (Å²) in [5, 5.41) is 15.4. The van der Waals surface area contributed by atoms with Gasteiger partial charge in [-0.05, 0) is 30.3 Å². The van der Waals surface area contributed by atoms with E-state index in [1.165, 1.54) is 42.6 Å². The van der Waals surface area contributed by atoms with Crippen molar-refractivity contribution in [2.45, 2.75) is 0 Å². The van der Waals surface area contributed by atoms with Gasteiger partial charge in [-0.1, -0.05) is 0 Å². The van der Waals surface area contributed by atoms with Crippen LogP contribution >= 0.6 is 0 Å². The maximum Gasteiger partial charge on any atom is 0.325 e. The highest BCUT2D eigenvalue weighted by Crippen LogP contribution is 2.20. The Morgan fingerprint density at radius 2 is 1.90 bits per heavy atom. The summed E-state index contributed by atoms with van der Waals surface area (Å²) >= 11 is 0. The Labute approximate surface area is 112 Å². The number of nitro groups is 1. The van der Waals surface area contributed by atoms with E-state index in [0.29, 0.717) is 5.69 Å². The molecule has 0 unspecified atom stereocenters. The van der Waals surface area contributed by atoms with Crippen LogP contribution in [0, 0.1) is 15.9 Å². The molecule has 0 atom stereocenters. The topological polar surface area (TPSA) is 97.2 Å². The lowest BCUT2D eigenvalue weighted by atomic mass is 10.3. The molecule has 102 valence electrons. The minimum atomic E-state index is -0.710. The van der Waals surface area contributed by atoms with Crippen LogP contribution in [0.1, 0.15) is 0 Å². The van der Waals surface area contributed by atoms with E-state index < -0.39 is 16.8 Å². The maximum atomic E-state index is 12.7. The highest BCUT2D eigenvalue weighted by Gasteiger charge is 2.16. The zero-order chi connectivity index (χ0) is 14.5. The predicted molar refractivity (Wildman–Crippen MR) is 69.9 cm³/mol. The zero-order valence-electron chi connectivity index (χ0n) is 10.0. The average Bonchev–Trinajstić information content (AvgIpc) is 2.41. The van der Waals surface area contributed by atoms with Crippen LogP contribution in [0.15, 0.2) is 42.6 Å². The normalized spacial score (nSPS) is 9.85. The van der Waals surface area contributed by atoms with Gasteiger partial charge in [-0.3, -0.25) is 15.4 Å². The molecule has 20 heavy (non-hydrogen) atoms. The molecule has 1 aromatic carbocycles. The molecule has 1 aromatic heterocycles. The Balaban J connectivity index is 2.08. The predicted octanol–water partition coefficient (Wildman–Crippen LogP) is 2.77. The Morgan fingerprint density at radius 1 is 1.20 bits per heavy atom. The summed E-state index contributed by atoms with van der Waals surface area (Å²) in [7, 11) is 0. The summed E-state index contributed by atoms with van der Waals surface area (Å²) in [5.74, 6) is -0.603. The lowest BCUT2D eigenvalue weighted by Crippen LogP contribution is -2.20. The smallest absolute Gasteiger partial charge is 0.308 e. The van der Waals surface area contributed by atoms with E-state index in [1.54, 1.807) is 0 Å². The molecular weight excluding hydrogens is 267 g/mol. The number of urea groups is 1. The molecular formula is C12H9FN4O3. The molecule has 0 aliphatic rings. The van der Waals surface area contributed by atoms with Crippen LogP contribution < -0.4 is 10.6 Å². The molecule has 0 aliphatic heterocycles. The Hall–Kier alpha value is -3.03. The average molecular weight is 276 g/mol. The number of hydrogen-bond donors (Lipinski definition) is 2. The molecule has 0 fully saturated rings. The number of hydrogen-bond acceptors (Lipinski definition) is 4. The number of carbonyl (C=O) groups excluding carboxylic acids is 1. The van der Waals surface area contributed by atoms with Gasteiger partial charge in [0.05, 0.1) is 4.92 Å². The third-order valence-electron chi connectivity index (χ3n) is 2.32. The third-order valence-corrected chi connectivity index (χ3v) is 2.32. The number of aromatic nitrogens is 1. The van der Waals surface area contributed by atoms with Crippen molar-refractivity contribution in [3.63, 3.8) is 0 Å². The van der Waals surface area contributed by atoms with E-state index in [4.69, 9.17) is 0 Å². The van der Waals surface area contributed by atoms with Gasteiger partial charge < -0.3 is 5.32 Å². The molecule has 7 nitrogen and oxygen atoms in total. The number of carbonyl (C=O) groups is 1. The molecule has 2 aromatic rings. The molecule has 2 rings (SSSR count). The van der Waals surface area contributed by atoms with E-state index in [0.717, 1.165) is 0 Å². The van der Waals surface area contributed by atoms with E-state index in [1.807, 2.05) is 0 Å².